The molecule has 10 nitrogen and oxygen atoms in total. The lowest BCUT2D eigenvalue weighted by Gasteiger charge is -2.10. The van der Waals surface area contributed by atoms with Gasteiger partial charge in [0.2, 0.25) is 5.75 Å². The number of hydrogen-bond donors (Lipinski definition) is 4. The smallest absolute Gasteiger partial charge is 0.312 e. The highest BCUT2D eigenvalue weighted by atomic mass is 35.5. The lowest BCUT2D eigenvalue weighted by Crippen LogP contribution is -2.32. The number of hydrazone groups is 1. The van der Waals surface area contributed by atoms with Gasteiger partial charge in [-0.25, -0.2) is 5.43 Å². The van der Waals surface area contributed by atoms with Gasteiger partial charge in [-0.3, -0.25) is 19.7 Å². The quantitative estimate of drug-likeness (QED) is 0.175. The summed E-state index contributed by atoms with van der Waals surface area (Å²) in [4.78, 5) is 35.5. The van der Waals surface area contributed by atoms with Crippen LogP contribution in [0.3, 0.4) is 0 Å². The van der Waals surface area contributed by atoms with Gasteiger partial charge in [-0.05, 0) is 30.3 Å². The van der Waals surface area contributed by atoms with E-state index in [1.165, 1.54) is 24.3 Å². The van der Waals surface area contributed by atoms with Crippen molar-refractivity contribution < 1.29 is 24.7 Å². The fourth-order valence-electron chi connectivity index (χ4n) is 2.77. The number of hydrogen-bond acceptors (Lipinski definition) is 7. The highest BCUT2D eigenvalue weighted by Gasteiger charge is 2.18. The molecule has 0 atom stereocenters. The van der Waals surface area contributed by atoms with Crippen LogP contribution in [0, 0.1) is 10.1 Å². The second kappa shape index (κ2) is 10.7. The molecular formula is C23H17ClN4O6. The molecule has 0 saturated heterocycles. The Labute approximate surface area is 198 Å². The zero-order chi connectivity index (χ0) is 24.7. The lowest BCUT2D eigenvalue weighted by molar-refractivity contribution is -0.385. The van der Waals surface area contributed by atoms with E-state index in [0.717, 1.165) is 12.3 Å². The molecule has 0 aromatic heterocycles. The number of carbonyl (C=O) groups excluding carboxylic acids is 2. The van der Waals surface area contributed by atoms with Crippen LogP contribution in [0.4, 0.5) is 5.69 Å². The minimum atomic E-state index is -0.861. The van der Waals surface area contributed by atoms with Crippen molar-refractivity contribution in [2.24, 2.45) is 5.10 Å². The Morgan fingerprint density at radius 2 is 1.68 bits per heavy atom. The number of phenolic OH excluding ortho intramolecular Hbond substituents is 2. The molecule has 0 heterocycles. The van der Waals surface area contributed by atoms with E-state index in [1.807, 2.05) is 0 Å². The fraction of sp³-hybridized carbons (Fsp3) is 0. The molecular weight excluding hydrogens is 464 g/mol. The number of aromatic hydroxyl groups is 2. The van der Waals surface area contributed by atoms with Gasteiger partial charge < -0.3 is 15.5 Å². The Morgan fingerprint density at radius 3 is 2.35 bits per heavy atom. The highest BCUT2D eigenvalue weighted by molar-refractivity contribution is 6.31. The van der Waals surface area contributed by atoms with Crippen molar-refractivity contribution in [1.29, 1.82) is 0 Å². The molecule has 0 unspecified atom stereocenters. The third-order valence-electron chi connectivity index (χ3n) is 4.42. The van der Waals surface area contributed by atoms with Crippen molar-refractivity contribution in [1.82, 2.24) is 10.7 Å². The van der Waals surface area contributed by atoms with Gasteiger partial charge >= 0.3 is 5.69 Å². The number of phenols is 2. The van der Waals surface area contributed by atoms with E-state index in [1.54, 1.807) is 42.5 Å². The zero-order valence-corrected chi connectivity index (χ0v) is 18.1. The molecule has 3 aromatic rings. The molecule has 11 heteroatoms. The number of nitro groups is 1. The van der Waals surface area contributed by atoms with E-state index < -0.39 is 28.2 Å². The van der Waals surface area contributed by atoms with Crippen molar-refractivity contribution in [2.75, 3.05) is 0 Å². The van der Waals surface area contributed by atoms with Crippen LogP contribution in [-0.2, 0) is 4.79 Å². The van der Waals surface area contributed by atoms with Crippen molar-refractivity contribution in [2.45, 2.75) is 0 Å². The molecule has 0 bridgehead atoms. The Kier molecular flexibility index (Phi) is 7.57. The summed E-state index contributed by atoms with van der Waals surface area (Å²) in [6.07, 6.45) is 2.21. The van der Waals surface area contributed by atoms with E-state index >= 15 is 0 Å². The summed E-state index contributed by atoms with van der Waals surface area (Å²) in [5.41, 5.74) is 1.73. The Balaban J connectivity index is 1.87. The van der Waals surface area contributed by atoms with E-state index in [9.17, 15) is 29.9 Å². The van der Waals surface area contributed by atoms with Crippen LogP contribution in [-0.4, -0.2) is 33.2 Å². The molecule has 0 aliphatic heterocycles. The van der Waals surface area contributed by atoms with Crippen LogP contribution >= 0.6 is 11.6 Å². The standard InChI is InChI=1S/C23H17ClN4O6/c24-17-10-16(21(30)19(12-17)28(33)34)13-25-27-23(32)18(11-15-8-4-5-9-20(15)29)26-22(31)14-6-2-1-3-7-14/h1-13,29-30H,(H,26,31)(H,27,32)/b18-11?,25-13+. The lowest BCUT2D eigenvalue weighted by atomic mass is 10.1. The summed E-state index contributed by atoms with van der Waals surface area (Å²) >= 11 is 5.83. The summed E-state index contributed by atoms with van der Waals surface area (Å²) in [5.74, 6) is -2.25. The molecule has 172 valence electrons. The summed E-state index contributed by atoms with van der Waals surface area (Å²) in [6.45, 7) is 0. The number of nitro benzene ring substituents is 1. The van der Waals surface area contributed by atoms with Gasteiger partial charge in [0.15, 0.2) is 0 Å². The molecule has 0 aliphatic rings. The average molecular weight is 481 g/mol. The van der Waals surface area contributed by atoms with Crippen LogP contribution in [0.5, 0.6) is 11.5 Å². The summed E-state index contributed by atoms with van der Waals surface area (Å²) < 4.78 is 0. The molecule has 0 radical (unpaired) electrons. The third-order valence-corrected chi connectivity index (χ3v) is 4.63. The minimum Gasteiger partial charge on any atom is -0.507 e. The molecule has 0 spiro atoms. The van der Waals surface area contributed by atoms with Crippen LogP contribution in [0.2, 0.25) is 5.02 Å². The number of benzene rings is 3. The molecule has 34 heavy (non-hydrogen) atoms. The number of nitrogens with one attached hydrogen (secondary N) is 2. The van der Waals surface area contributed by atoms with Gasteiger partial charge in [0.25, 0.3) is 11.8 Å². The minimum absolute atomic E-state index is 0.0208. The van der Waals surface area contributed by atoms with Crippen LogP contribution < -0.4 is 10.7 Å². The summed E-state index contributed by atoms with van der Waals surface area (Å²) in [7, 11) is 0. The predicted octanol–water partition coefficient (Wildman–Crippen LogP) is 3.58. The summed E-state index contributed by atoms with van der Waals surface area (Å²) in [5, 5.41) is 37.2. The first-order valence-corrected chi connectivity index (χ1v) is 10.0. The van der Waals surface area contributed by atoms with Gasteiger partial charge in [0.1, 0.15) is 11.4 Å². The van der Waals surface area contributed by atoms with Gasteiger partial charge in [0, 0.05) is 27.8 Å². The Morgan fingerprint density at radius 1 is 1.00 bits per heavy atom. The molecule has 2 amide bonds. The SMILES string of the molecule is O=C(N/N=C/c1cc(Cl)cc([N+](=O)[O-])c1O)C(=Cc1ccccc1O)NC(=O)c1ccccc1. The van der Waals surface area contributed by atoms with Crippen LogP contribution in [0.25, 0.3) is 6.08 Å². The first kappa shape index (κ1) is 24.0. The van der Waals surface area contributed by atoms with E-state index in [4.69, 9.17) is 11.6 Å². The zero-order valence-electron chi connectivity index (χ0n) is 17.3. The maximum Gasteiger partial charge on any atom is 0.312 e. The molecule has 0 aliphatic carbocycles. The van der Waals surface area contributed by atoms with E-state index in [2.05, 4.69) is 15.8 Å². The monoisotopic (exact) mass is 480 g/mol. The van der Waals surface area contributed by atoms with Gasteiger partial charge in [0.05, 0.1) is 11.1 Å². The van der Waals surface area contributed by atoms with E-state index in [-0.39, 0.29) is 33.2 Å². The summed E-state index contributed by atoms with van der Waals surface area (Å²) in [6, 6.07) is 16.5. The highest BCUT2D eigenvalue weighted by Crippen LogP contribution is 2.32. The molecule has 0 saturated carbocycles. The average Bonchev–Trinajstić information content (AvgIpc) is 2.82. The molecule has 0 fully saturated rings. The first-order chi connectivity index (χ1) is 16.3. The second-order valence-corrected chi connectivity index (χ2v) is 7.19. The first-order valence-electron chi connectivity index (χ1n) is 9.62. The normalized spacial score (nSPS) is 11.3. The topological polar surface area (TPSA) is 154 Å². The number of amides is 2. The number of nitrogens with zero attached hydrogens (tertiary/aromatic N) is 2. The van der Waals surface area contributed by atoms with Crippen molar-refractivity contribution in [3.8, 4) is 11.5 Å². The molecule has 3 rings (SSSR count). The fourth-order valence-corrected chi connectivity index (χ4v) is 2.99. The number of rotatable bonds is 7. The van der Waals surface area contributed by atoms with Crippen molar-refractivity contribution >= 4 is 41.4 Å². The van der Waals surface area contributed by atoms with Gasteiger partial charge in [-0.15, -0.1) is 0 Å². The second-order valence-electron chi connectivity index (χ2n) is 6.76. The molecule has 3 aromatic carbocycles. The van der Waals surface area contributed by atoms with Crippen molar-refractivity contribution in [3.05, 3.63) is 104 Å². The number of halogens is 1. The van der Waals surface area contributed by atoms with E-state index in [0.29, 0.717) is 0 Å². The van der Waals surface area contributed by atoms with Crippen molar-refractivity contribution in [3.63, 3.8) is 0 Å². The van der Waals surface area contributed by atoms with Crippen LogP contribution in [0.1, 0.15) is 21.5 Å². The maximum atomic E-state index is 12.8. The van der Waals surface area contributed by atoms with Gasteiger partial charge in [-0.2, -0.15) is 5.10 Å². The Bertz CT molecular complexity index is 1310. The Hall–Kier alpha value is -4.70. The number of para-hydroxylation sites is 1. The predicted molar refractivity (Wildman–Crippen MR) is 125 cm³/mol. The number of carbonyl (C=O) groups is 2. The third kappa shape index (κ3) is 5.96. The molecule has 4 N–H and O–H groups in total. The van der Waals surface area contributed by atoms with Crippen LogP contribution in [0.15, 0.2) is 77.5 Å². The maximum absolute atomic E-state index is 12.8. The van der Waals surface area contributed by atoms with Gasteiger partial charge in [-0.1, -0.05) is 48.0 Å². The largest absolute Gasteiger partial charge is 0.507 e.